The molecule has 0 amide bonds. The van der Waals surface area contributed by atoms with Gasteiger partial charge in [-0.05, 0) is 13.0 Å². The third-order valence-corrected chi connectivity index (χ3v) is 3.46. The predicted molar refractivity (Wildman–Crippen MR) is 74.6 cm³/mol. The zero-order valence-corrected chi connectivity index (χ0v) is 11.3. The fraction of sp³-hybridized carbons (Fsp3) is 0.600. The number of unbranched alkanes of at least 4 members (excludes halogenated alkanes) is 1. The molecule has 0 aliphatic carbocycles. The molecule has 0 aliphatic heterocycles. The average Bonchev–Trinajstić information content (AvgIpc) is 2.33. The van der Waals surface area contributed by atoms with E-state index in [1.165, 1.54) is 31.7 Å². The van der Waals surface area contributed by atoms with Crippen LogP contribution in [-0.4, -0.2) is 7.28 Å². The Morgan fingerprint density at radius 3 is 2.71 bits per heavy atom. The zero-order valence-electron chi connectivity index (χ0n) is 11.3. The molecule has 0 nitrogen and oxygen atoms in total. The van der Waals surface area contributed by atoms with Crippen LogP contribution in [0.25, 0.3) is 0 Å². The zero-order chi connectivity index (χ0) is 12.7. The van der Waals surface area contributed by atoms with Crippen LogP contribution in [0, 0.1) is 18.7 Å². The summed E-state index contributed by atoms with van der Waals surface area (Å²) in [5, 5.41) is 0. The van der Waals surface area contributed by atoms with Crippen molar-refractivity contribution in [1.29, 1.82) is 0 Å². The summed E-state index contributed by atoms with van der Waals surface area (Å²) < 4.78 is 13.1. The lowest BCUT2D eigenvalue weighted by Crippen LogP contribution is -2.20. The van der Waals surface area contributed by atoms with Crippen LogP contribution in [0.3, 0.4) is 0 Å². The van der Waals surface area contributed by atoms with Gasteiger partial charge in [-0.1, -0.05) is 63.1 Å². The summed E-state index contributed by atoms with van der Waals surface area (Å²) in [7, 11) is 2.20. The van der Waals surface area contributed by atoms with Gasteiger partial charge in [-0.25, -0.2) is 10.7 Å². The van der Waals surface area contributed by atoms with Crippen molar-refractivity contribution in [1.82, 2.24) is 0 Å². The number of benzene rings is 1. The molecule has 0 heterocycles. The molecule has 1 unspecified atom stereocenters. The molecule has 0 aliphatic rings. The second-order valence-corrected chi connectivity index (χ2v) is 4.86. The van der Waals surface area contributed by atoms with Crippen LogP contribution >= 0.6 is 0 Å². The smallest absolute Gasteiger partial charge is 0.119 e. The molecule has 0 bridgehead atoms. The maximum atomic E-state index is 13.1. The molecule has 17 heavy (non-hydrogen) atoms. The summed E-state index contributed by atoms with van der Waals surface area (Å²) in [6.07, 6.45) is 6.13. The number of halogens is 1. The Morgan fingerprint density at radius 1 is 1.29 bits per heavy atom. The van der Waals surface area contributed by atoms with Crippen LogP contribution < -0.4 is 5.46 Å². The highest BCUT2D eigenvalue weighted by Gasteiger charge is 2.00. The predicted octanol–water partition coefficient (Wildman–Crippen LogP) is 4.10. The van der Waals surface area contributed by atoms with Crippen LogP contribution in [0.15, 0.2) is 18.2 Å². The molecule has 2 heteroatoms. The lowest BCUT2D eigenvalue weighted by atomic mass is 9.61. The summed E-state index contributed by atoms with van der Waals surface area (Å²) >= 11 is 0. The molecule has 0 aromatic heterocycles. The Labute approximate surface area is 106 Å². The first kappa shape index (κ1) is 14.3. The summed E-state index contributed by atoms with van der Waals surface area (Å²) in [5.41, 5.74) is 2.22. The van der Waals surface area contributed by atoms with E-state index in [2.05, 4.69) is 21.1 Å². The van der Waals surface area contributed by atoms with Crippen LogP contribution in [0.4, 0.5) is 4.39 Å². The minimum atomic E-state index is -0.136. The molecular formula is C15H23BF-. The van der Waals surface area contributed by atoms with Gasteiger partial charge in [-0.2, -0.15) is 0 Å². The lowest BCUT2D eigenvalue weighted by molar-refractivity contribution is 0.491. The highest BCUT2D eigenvalue weighted by molar-refractivity contribution is 6.54. The standard InChI is InChI=1S/C15H23BF/c1-4-6-7-13(5-2)11-16-15-10-14(17)9-8-12(15)3/h8-10,13H,4-7,11H2,1-3H3/q-1. The normalized spacial score (nSPS) is 12.7. The van der Waals surface area contributed by atoms with E-state index in [0.717, 1.165) is 23.3 Å². The molecule has 1 atom stereocenters. The second-order valence-electron chi connectivity index (χ2n) is 4.86. The molecule has 1 aromatic rings. The maximum Gasteiger partial charge on any atom is 0.119 e. The van der Waals surface area contributed by atoms with Gasteiger partial charge in [0.05, 0.1) is 0 Å². The fourth-order valence-electron chi connectivity index (χ4n) is 2.11. The van der Waals surface area contributed by atoms with E-state index in [1.54, 1.807) is 6.07 Å². The molecule has 2 radical (unpaired) electrons. The van der Waals surface area contributed by atoms with E-state index in [0.29, 0.717) is 0 Å². The molecule has 1 rings (SSSR count). The lowest BCUT2D eigenvalue weighted by Gasteiger charge is -2.25. The summed E-state index contributed by atoms with van der Waals surface area (Å²) in [6.45, 7) is 6.51. The van der Waals surface area contributed by atoms with E-state index in [1.807, 2.05) is 13.0 Å². The Kier molecular flexibility index (Phi) is 6.32. The number of aryl methyl sites for hydroxylation is 1. The van der Waals surface area contributed by atoms with Gasteiger partial charge in [0.2, 0.25) is 0 Å². The number of hydrogen-bond donors (Lipinski definition) is 0. The van der Waals surface area contributed by atoms with Crippen molar-refractivity contribution in [2.75, 3.05) is 0 Å². The van der Waals surface area contributed by atoms with Crippen molar-refractivity contribution in [3.63, 3.8) is 0 Å². The van der Waals surface area contributed by atoms with Crippen molar-refractivity contribution in [3.05, 3.63) is 29.6 Å². The minimum Gasteiger partial charge on any atom is -0.296 e. The van der Waals surface area contributed by atoms with Crippen LogP contribution in [0.2, 0.25) is 6.32 Å². The van der Waals surface area contributed by atoms with Gasteiger partial charge in [-0.15, -0.1) is 0 Å². The van der Waals surface area contributed by atoms with Crippen molar-refractivity contribution in [2.24, 2.45) is 5.92 Å². The second kappa shape index (κ2) is 7.52. The van der Waals surface area contributed by atoms with E-state index in [9.17, 15) is 4.39 Å². The number of rotatable bonds is 7. The van der Waals surface area contributed by atoms with Gasteiger partial charge in [0, 0.05) is 0 Å². The molecule has 0 N–H and O–H groups in total. The van der Waals surface area contributed by atoms with E-state index >= 15 is 0 Å². The Balaban J connectivity index is 2.50. The van der Waals surface area contributed by atoms with Gasteiger partial charge in [0.15, 0.2) is 0 Å². The van der Waals surface area contributed by atoms with Gasteiger partial charge < -0.3 is 0 Å². The molecular weight excluding hydrogens is 210 g/mol. The molecule has 94 valence electrons. The van der Waals surface area contributed by atoms with Gasteiger partial charge in [-0.3, -0.25) is 12.7 Å². The van der Waals surface area contributed by atoms with E-state index in [4.69, 9.17) is 0 Å². The van der Waals surface area contributed by atoms with Gasteiger partial charge >= 0.3 is 0 Å². The molecule has 0 fully saturated rings. The van der Waals surface area contributed by atoms with Gasteiger partial charge in [0.25, 0.3) is 0 Å². The third kappa shape index (κ3) is 4.93. The Morgan fingerprint density at radius 2 is 2.06 bits per heavy atom. The largest absolute Gasteiger partial charge is 0.296 e. The van der Waals surface area contributed by atoms with Crippen molar-refractivity contribution in [2.45, 2.75) is 52.8 Å². The van der Waals surface area contributed by atoms with E-state index in [-0.39, 0.29) is 5.82 Å². The molecule has 0 spiro atoms. The Bertz CT molecular complexity index is 336. The minimum absolute atomic E-state index is 0.136. The van der Waals surface area contributed by atoms with Crippen LogP contribution in [-0.2, 0) is 0 Å². The Hall–Kier alpha value is -0.785. The monoisotopic (exact) mass is 233 g/mol. The summed E-state index contributed by atoms with van der Waals surface area (Å²) in [5.74, 6) is 0.612. The summed E-state index contributed by atoms with van der Waals surface area (Å²) in [6, 6.07) is 5.02. The van der Waals surface area contributed by atoms with Crippen LogP contribution in [0.5, 0.6) is 0 Å². The first-order valence-electron chi connectivity index (χ1n) is 6.76. The molecule has 0 saturated carbocycles. The number of hydrogen-bond acceptors (Lipinski definition) is 0. The third-order valence-electron chi connectivity index (χ3n) is 3.46. The van der Waals surface area contributed by atoms with Crippen molar-refractivity contribution in [3.8, 4) is 0 Å². The first-order valence-corrected chi connectivity index (χ1v) is 6.76. The maximum absolute atomic E-state index is 13.1. The molecule has 1 aromatic carbocycles. The molecule has 0 saturated heterocycles. The average molecular weight is 233 g/mol. The topological polar surface area (TPSA) is 0 Å². The highest BCUT2D eigenvalue weighted by Crippen LogP contribution is 2.16. The van der Waals surface area contributed by atoms with Crippen LogP contribution in [0.1, 0.15) is 45.1 Å². The van der Waals surface area contributed by atoms with E-state index < -0.39 is 0 Å². The summed E-state index contributed by atoms with van der Waals surface area (Å²) in [4.78, 5) is 0. The SMILES string of the molecule is CCCCC(CC)C[B-]c1cc(F)ccc1C. The van der Waals surface area contributed by atoms with Crippen molar-refractivity contribution >= 4 is 12.7 Å². The fourth-order valence-corrected chi connectivity index (χ4v) is 2.11. The first-order chi connectivity index (χ1) is 8.17. The highest BCUT2D eigenvalue weighted by atomic mass is 19.1. The van der Waals surface area contributed by atoms with Gasteiger partial charge in [0.1, 0.15) is 5.82 Å². The quantitative estimate of drug-likeness (QED) is 0.622. The van der Waals surface area contributed by atoms with Crippen molar-refractivity contribution < 1.29 is 4.39 Å².